The van der Waals surface area contributed by atoms with Crippen LogP contribution >= 0.6 is 0 Å². The zero-order valence-electron chi connectivity index (χ0n) is 14.3. The summed E-state index contributed by atoms with van der Waals surface area (Å²) in [5.74, 6) is 0.893. The number of halogens is 1. The van der Waals surface area contributed by atoms with Gasteiger partial charge in [0.05, 0.1) is 0 Å². The van der Waals surface area contributed by atoms with Gasteiger partial charge in [0, 0.05) is 12.1 Å². The lowest BCUT2D eigenvalue weighted by molar-refractivity contribution is 0.0684. The molecule has 0 radical (unpaired) electrons. The van der Waals surface area contributed by atoms with Crippen molar-refractivity contribution in [3.8, 4) is 0 Å². The molecule has 0 spiro atoms. The van der Waals surface area contributed by atoms with E-state index in [1.54, 1.807) is 6.07 Å². The molecular formula is C19H31FN2. The molecule has 0 aromatic heterocycles. The van der Waals surface area contributed by atoms with Crippen LogP contribution in [0.25, 0.3) is 0 Å². The molecule has 0 amide bonds. The van der Waals surface area contributed by atoms with Crippen molar-refractivity contribution in [2.45, 2.75) is 57.9 Å². The molecule has 2 rings (SSSR count). The Bertz CT molecular complexity index is 467. The Morgan fingerprint density at radius 2 is 2.14 bits per heavy atom. The van der Waals surface area contributed by atoms with Gasteiger partial charge >= 0.3 is 0 Å². The first kappa shape index (κ1) is 17.4. The normalized spacial score (nSPS) is 21.8. The van der Waals surface area contributed by atoms with Gasteiger partial charge in [-0.15, -0.1) is 0 Å². The smallest absolute Gasteiger partial charge is 0.123 e. The van der Waals surface area contributed by atoms with Crippen molar-refractivity contribution in [1.29, 1.82) is 0 Å². The summed E-state index contributed by atoms with van der Waals surface area (Å²) >= 11 is 0. The maximum Gasteiger partial charge on any atom is 0.123 e. The Kier molecular flexibility index (Phi) is 5.99. The molecule has 124 valence electrons. The summed E-state index contributed by atoms with van der Waals surface area (Å²) in [7, 11) is 0. The van der Waals surface area contributed by atoms with Crippen molar-refractivity contribution >= 4 is 0 Å². The highest BCUT2D eigenvalue weighted by atomic mass is 19.1. The third kappa shape index (κ3) is 4.53. The Morgan fingerprint density at radius 3 is 2.77 bits per heavy atom. The van der Waals surface area contributed by atoms with Gasteiger partial charge in [-0.25, -0.2) is 4.39 Å². The molecule has 1 aliphatic heterocycles. The molecule has 2 nitrogen and oxygen atoms in total. The lowest BCUT2D eigenvalue weighted by Crippen LogP contribution is -2.48. The monoisotopic (exact) mass is 306 g/mol. The summed E-state index contributed by atoms with van der Waals surface area (Å²) in [6.45, 7) is 9.84. The van der Waals surface area contributed by atoms with E-state index in [1.807, 2.05) is 6.07 Å². The second kappa shape index (κ2) is 7.56. The van der Waals surface area contributed by atoms with Gasteiger partial charge in [0.2, 0.25) is 0 Å². The minimum atomic E-state index is -0.126. The molecule has 2 unspecified atom stereocenters. The summed E-state index contributed by atoms with van der Waals surface area (Å²) in [5.41, 5.74) is 7.08. The van der Waals surface area contributed by atoms with Crippen molar-refractivity contribution in [2.24, 2.45) is 11.7 Å². The van der Waals surface area contributed by atoms with E-state index < -0.39 is 0 Å². The van der Waals surface area contributed by atoms with Gasteiger partial charge in [-0.2, -0.15) is 0 Å². The van der Waals surface area contributed by atoms with Crippen LogP contribution in [0.1, 0.15) is 57.9 Å². The standard InChI is InChI=1S/C19H31FN2/c1-19(2,3)22-12-6-8-16(14-22)18(10-5-11-21)15-7-4-9-17(20)13-15/h4,7,9,13,16,18H,5-6,8,10-12,14,21H2,1-3H3. The van der Waals surface area contributed by atoms with Crippen molar-refractivity contribution in [3.05, 3.63) is 35.6 Å². The number of nitrogens with two attached hydrogens (primary N) is 1. The predicted molar refractivity (Wildman–Crippen MR) is 91.5 cm³/mol. The molecule has 2 N–H and O–H groups in total. The molecule has 0 bridgehead atoms. The summed E-state index contributed by atoms with van der Waals surface area (Å²) in [4.78, 5) is 2.58. The molecule has 2 atom stereocenters. The van der Waals surface area contributed by atoms with Crippen LogP contribution in [0.4, 0.5) is 4.39 Å². The number of hydrogen-bond donors (Lipinski definition) is 1. The molecule has 1 heterocycles. The van der Waals surface area contributed by atoms with E-state index in [-0.39, 0.29) is 11.4 Å². The van der Waals surface area contributed by atoms with Gasteiger partial charge in [0.1, 0.15) is 5.82 Å². The highest BCUT2D eigenvalue weighted by Gasteiger charge is 2.32. The quantitative estimate of drug-likeness (QED) is 0.885. The van der Waals surface area contributed by atoms with E-state index in [9.17, 15) is 4.39 Å². The number of hydrogen-bond acceptors (Lipinski definition) is 2. The maximum atomic E-state index is 13.6. The minimum Gasteiger partial charge on any atom is -0.330 e. The van der Waals surface area contributed by atoms with Crippen LogP contribution in [0.15, 0.2) is 24.3 Å². The predicted octanol–water partition coefficient (Wildman–Crippen LogP) is 4.16. The highest BCUT2D eigenvalue weighted by molar-refractivity contribution is 5.22. The molecule has 3 heteroatoms. The van der Waals surface area contributed by atoms with Gasteiger partial charge in [-0.1, -0.05) is 12.1 Å². The Balaban J connectivity index is 2.17. The zero-order chi connectivity index (χ0) is 16.2. The van der Waals surface area contributed by atoms with Crippen LogP contribution in [0, 0.1) is 11.7 Å². The van der Waals surface area contributed by atoms with Crippen LogP contribution in [0.5, 0.6) is 0 Å². The van der Waals surface area contributed by atoms with Gasteiger partial charge in [-0.3, -0.25) is 4.90 Å². The number of likely N-dealkylation sites (tertiary alicyclic amines) is 1. The lowest BCUT2D eigenvalue weighted by atomic mass is 9.77. The average molecular weight is 306 g/mol. The maximum absolute atomic E-state index is 13.6. The number of piperidine rings is 1. The summed E-state index contributed by atoms with van der Waals surface area (Å²) in [6, 6.07) is 7.17. The van der Waals surface area contributed by atoms with Crippen molar-refractivity contribution in [3.63, 3.8) is 0 Å². The third-order valence-corrected chi connectivity index (χ3v) is 4.97. The third-order valence-electron chi connectivity index (χ3n) is 4.97. The Morgan fingerprint density at radius 1 is 1.36 bits per heavy atom. The first-order valence-electron chi connectivity index (χ1n) is 8.62. The van der Waals surface area contributed by atoms with E-state index in [0.29, 0.717) is 18.4 Å². The van der Waals surface area contributed by atoms with Crippen molar-refractivity contribution < 1.29 is 4.39 Å². The summed E-state index contributed by atoms with van der Waals surface area (Å²) in [6.07, 6.45) is 4.53. The molecule has 22 heavy (non-hydrogen) atoms. The molecule has 1 aliphatic rings. The van der Waals surface area contributed by atoms with E-state index >= 15 is 0 Å². The van der Waals surface area contributed by atoms with Gasteiger partial charge in [0.25, 0.3) is 0 Å². The molecule has 1 fully saturated rings. The van der Waals surface area contributed by atoms with E-state index in [2.05, 4.69) is 31.7 Å². The van der Waals surface area contributed by atoms with Crippen LogP contribution in [0.3, 0.4) is 0 Å². The lowest BCUT2D eigenvalue weighted by Gasteiger charge is -2.44. The molecule has 0 saturated carbocycles. The summed E-state index contributed by atoms with van der Waals surface area (Å²) in [5, 5.41) is 0. The van der Waals surface area contributed by atoms with Crippen molar-refractivity contribution in [2.75, 3.05) is 19.6 Å². The van der Waals surface area contributed by atoms with E-state index in [0.717, 1.165) is 24.9 Å². The highest BCUT2D eigenvalue weighted by Crippen LogP contribution is 2.37. The number of benzene rings is 1. The molecule has 1 saturated heterocycles. The second-order valence-electron chi connectivity index (χ2n) is 7.61. The Hall–Kier alpha value is -0.930. The summed E-state index contributed by atoms with van der Waals surface area (Å²) < 4.78 is 13.6. The fourth-order valence-electron chi connectivity index (χ4n) is 3.70. The zero-order valence-corrected chi connectivity index (χ0v) is 14.3. The van der Waals surface area contributed by atoms with Gasteiger partial charge < -0.3 is 5.73 Å². The van der Waals surface area contributed by atoms with E-state index in [4.69, 9.17) is 5.73 Å². The minimum absolute atomic E-state index is 0.126. The molecule has 1 aromatic rings. The molecule has 1 aromatic carbocycles. The number of rotatable bonds is 5. The van der Waals surface area contributed by atoms with E-state index in [1.165, 1.54) is 25.5 Å². The topological polar surface area (TPSA) is 29.3 Å². The van der Waals surface area contributed by atoms with Crippen LogP contribution in [0.2, 0.25) is 0 Å². The van der Waals surface area contributed by atoms with Crippen LogP contribution in [-0.4, -0.2) is 30.1 Å². The SMILES string of the molecule is CC(C)(C)N1CCCC(C(CCCN)c2cccc(F)c2)C1. The van der Waals surface area contributed by atoms with Crippen LogP contribution < -0.4 is 5.73 Å². The van der Waals surface area contributed by atoms with Gasteiger partial charge in [-0.05, 0) is 89.1 Å². The fourth-order valence-corrected chi connectivity index (χ4v) is 3.70. The number of nitrogens with zero attached hydrogens (tertiary/aromatic N) is 1. The fraction of sp³-hybridized carbons (Fsp3) is 0.684. The molecule has 0 aliphatic carbocycles. The molecular weight excluding hydrogens is 275 g/mol. The first-order chi connectivity index (χ1) is 10.4. The van der Waals surface area contributed by atoms with Gasteiger partial charge in [0.15, 0.2) is 0 Å². The second-order valence-corrected chi connectivity index (χ2v) is 7.61. The average Bonchev–Trinajstić information content (AvgIpc) is 2.47. The van der Waals surface area contributed by atoms with Crippen molar-refractivity contribution in [1.82, 2.24) is 4.90 Å². The Labute approximate surface area is 134 Å². The van der Waals surface area contributed by atoms with Crippen LogP contribution in [-0.2, 0) is 0 Å². The first-order valence-corrected chi connectivity index (χ1v) is 8.62. The largest absolute Gasteiger partial charge is 0.330 e.